The van der Waals surface area contributed by atoms with Gasteiger partial charge in [0.25, 0.3) is 0 Å². The summed E-state index contributed by atoms with van der Waals surface area (Å²) in [7, 11) is 0. The van der Waals surface area contributed by atoms with Crippen molar-refractivity contribution in [2.75, 3.05) is 0 Å². The molecule has 11 nitrogen and oxygen atoms in total. The van der Waals surface area contributed by atoms with Gasteiger partial charge in [-0.25, -0.2) is 34.9 Å². The molecular formula is C97H61N11S2. The number of hydrogen-bond acceptors (Lipinski definition) is 13. The first-order valence-corrected chi connectivity index (χ1v) is 37.8. The molecule has 10 heterocycles. The van der Waals surface area contributed by atoms with Crippen molar-refractivity contribution in [3.63, 3.8) is 0 Å². The second-order valence-corrected chi connectivity index (χ2v) is 28.5. The first kappa shape index (κ1) is 66.3. The lowest BCUT2D eigenvalue weighted by atomic mass is 9.96. The second-order valence-electron chi connectivity index (χ2n) is 26.5. The molecule has 0 spiro atoms. The SMILES string of the molecule is c1ccc(-c2cc(-c3ccc(-c4ccc(-c5nc6ccccc6c6c(-c7ccncc7)c(-c7ccncc7)sc56)cc4)cc3)nc(-c3ccccc3)n2)cc1.c1ccc(-c2nc(-c3ccccc3)nc(-c3ccc(-c4ccc(-c5nc6ccccc6c6c(-c7ccncc7)c(-c7ccncc7)sc56)cc4)cc3)n2)cc1. The Morgan fingerprint density at radius 1 is 0.191 bits per heavy atom. The second kappa shape index (κ2) is 29.5. The van der Waals surface area contributed by atoms with E-state index in [1.165, 1.54) is 31.7 Å². The average molecular weight is 1440 g/mol. The summed E-state index contributed by atoms with van der Waals surface area (Å²) >= 11 is 3.57. The van der Waals surface area contributed by atoms with Crippen LogP contribution in [-0.2, 0) is 0 Å². The number of thiophene rings is 2. The summed E-state index contributed by atoms with van der Waals surface area (Å²) in [5.41, 5.74) is 25.0. The lowest BCUT2D eigenvalue weighted by Crippen LogP contribution is -2.00. The van der Waals surface area contributed by atoms with E-state index >= 15 is 0 Å². The number of pyridine rings is 6. The van der Waals surface area contributed by atoms with E-state index in [9.17, 15) is 0 Å². The molecule has 0 atom stereocenters. The van der Waals surface area contributed by atoms with Gasteiger partial charge in [0, 0.05) is 137 Å². The molecule has 0 radical (unpaired) electrons. The van der Waals surface area contributed by atoms with Gasteiger partial charge in [-0.05, 0) is 111 Å². The summed E-state index contributed by atoms with van der Waals surface area (Å²) in [6, 6.07) is 111. The fourth-order valence-corrected chi connectivity index (χ4v) is 17.0. The summed E-state index contributed by atoms with van der Waals surface area (Å²) in [5, 5.41) is 4.68. The normalized spacial score (nSPS) is 11.3. The van der Waals surface area contributed by atoms with Gasteiger partial charge >= 0.3 is 0 Å². The zero-order chi connectivity index (χ0) is 73.1. The zero-order valence-corrected chi connectivity index (χ0v) is 60.6. The van der Waals surface area contributed by atoms with Crippen LogP contribution in [-0.4, -0.2) is 54.8 Å². The minimum atomic E-state index is 0.634. The molecular weight excluding hydrogens is 1380 g/mol. The van der Waals surface area contributed by atoms with E-state index in [2.05, 4.69) is 244 Å². The highest BCUT2D eigenvalue weighted by molar-refractivity contribution is 7.24. The first-order valence-electron chi connectivity index (χ1n) is 36.1. The Hall–Kier alpha value is -14.4. The largest absolute Gasteiger partial charge is 0.265 e. The van der Waals surface area contributed by atoms with Crippen LogP contribution in [0.4, 0.5) is 0 Å². The molecule has 0 fully saturated rings. The summed E-state index contributed by atoms with van der Waals surface area (Å²) in [6.45, 7) is 0. The van der Waals surface area contributed by atoms with E-state index in [1.54, 1.807) is 22.7 Å². The van der Waals surface area contributed by atoms with Crippen molar-refractivity contribution in [3.05, 3.63) is 371 Å². The third-order valence-corrected chi connectivity index (χ3v) is 22.2. The molecule has 10 aromatic carbocycles. The Kier molecular flexibility index (Phi) is 17.8. The molecule has 0 amide bonds. The van der Waals surface area contributed by atoms with E-state index in [-0.39, 0.29) is 0 Å². The highest BCUT2D eigenvalue weighted by atomic mass is 32.1. The fourth-order valence-electron chi connectivity index (χ4n) is 14.3. The molecule has 10 aromatic heterocycles. The number of fused-ring (bicyclic) bond motifs is 6. The highest BCUT2D eigenvalue weighted by Gasteiger charge is 2.25. The minimum Gasteiger partial charge on any atom is -0.265 e. The highest BCUT2D eigenvalue weighted by Crippen LogP contribution is 2.52. The van der Waals surface area contributed by atoms with Gasteiger partial charge in [-0.2, -0.15) is 0 Å². The lowest BCUT2D eigenvalue weighted by Gasteiger charge is -2.11. The zero-order valence-electron chi connectivity index (χ0n) is 59.0. The van der Waals surface area contributed by atoms with E-state index in [1.807, 2.05) is 147 Å². The van der Waals surface area contributed by atoms with Crippen molar-refractivity contribution in [3.8, 4) is 156 Å². The van der Waals surface area contributed by atoms with Crippen LogP contribution in [0.15, 0.2) is 371 Å². The van der Waals surface area contributed by atoms with E-state index in [4.69, 9.17) is 34.9 Å². The quantitative estimate of drug-likeness (QED) is 0.103. The maximum atomic E-state index is 5.29. The number of rotatable bonds is 14. The summed E-state index contributed by atoms with van der Waals surface area (Å²) in [4.78, 5) is 54.8. The van der Waals surface area contributed by atoms with E-state index in [0.717, 1.165) is 143 Å². The molecule has 0 saturated heterocycles. The maximum absolute atomic E-state index is 5.29. The third-order valence-electron chi connectivity index (χ3n) is 19.7. The lowest BCUT2D eigenvalue weighted by molar-refractivity contribution is 1.07. The predicted molar refractivity (Wildman–Crippen MR) is 451 cm³/mol. The Bertz CT molecular complexity index is 6160. The van der Waals surface area contributed by atoms with Gasteiger partial charge in [-0.15, -0.1) is 22.7 Å². The Morgan fingerprint density at radius 3 is 0.809 bits per heavy atom. The van der Waals surface area contributed by atoms with Gasteiger partial charge in [0.1, 0.15) is 0 Å². The standard InChI is InChI=1S/C49H31N5S.C48H30N6S/c1-3-9-34(10-4-1)42-31-43(54-49(53-42)39-11-5-2-6-12-39)35-19-15-32(16-20-35)33-17-21-37(22-18-33)46-48-45(40-13-7-8-14-41(40)52-46)44(36-23-27-50-28-24-36)47(55-48)38-25-29-51-30-26-38;1-3-9-36(10-4-1)46-52-47(37-11-5-2-6-12-37)54-48(53-46)38-21-17-32(18-22-38)31-15-19-34(20-16-31)43-45-42(39-13-7-8-14-40(39)51-43)41(33-23-27-49-28-24-33)44(55-45)35-25-29-50-30-26-35/h1-31H;1-30H. The topological polar surface area (TPSA) is 142 Å². The summed E-state index contributed by atoms with van der Waals surface area (Å²) < 4.78 is 2.31. The fraction of sp³-hybridized carbons (Fsp3) is 0. The van der Waals surface area contributed by atoms with Crippen molar-refractivity contribution in [2.24, 2.45) is 0 Å². The van der Waals surface area contributed by atoms with E-state index in [0.29, 0.717) is 23.3 Å². The number of para-hydroxylation sites is 2. The molecule has 0 aliphatic carbocycles. The first-order chi connectivity index (χ1) is 54.5. The Labute approximate surface area is 642 Å². The number of benzene rings is 10. The van der Waals surface area contributed by atoms with Crippen LogP contribution in [0, 0.1) is 0 Å². The van der Waals surface area contributed by atoms with Crippen molar-refractivity contribution < 1.29 is 0 Å². The molecule has 0 saturated carbocycles. The average Bonchev–Trinajstić information content (AvgIpc) is 1.57. The monoisotopic (exact) mass is 1440 g/mol. The van der Waals surface area contributed by atoms with Gasteiger partial charge in [-0.3, -0.25) is 19.9 Å². The number of aromatic nitrogens is 11. The van der Waals surface area contributed by atoms with Crippen LogP contribution >= 0.6 is 22.7 Å². The molecule has 0 aliphatic heterocycles. The predicted octanol–water partition coefficient (Wildman–Crippen LogP) is 24.8. The van der Waals surface area contributed by atoms with Gasteiger partial charge in [-0.1, -0.05) is 255 Å². The molecule has 0 unspecified atom stereocenters. The Balaban J connectivity index is 0.000000149. The van der Waals surface area contributed by atoms with Crippen LogP contribution in [0.25, 0.3) is 198 Å². The van der Waals surface area contributed by atoms with Gasteiger partial charge in [0.2, 0.25) is 0 Å². The van der Waals surface area contributed by atoms with Crippen molar-refractivity contribution >= 4 is 64.7 Å². The maximum Gasteiger partial charge on any atom is 0.164 e. The summed E-state index contributed by atoms with van der Waals surface area (Å²) in [5.74, 6) is 2.63. The van der Waals surface area contributed by atoms with Crippen LogP contribution in [0.3, 0.4) is 0 Å². The molecule has 516 valence electrons. The molecule has 0 N–H and O–H groups in total. The van der Waals surface area contributed by atoms with Gasteiger partial charge in [0.05, 0.1) is 43.2 Å². The van der Waals surface area contributed by atoms with Crippen LogP contribution in [0.5, 0.6) is 0 Å². The third kappa shape index (κ3) is 13.1. The molecule has 13 heteroatoms. The van der Waals surface area contributed by atoms with Crippen molar-refractivity contribution in [1.29, 1.82) is 0 Å². The van der Waals surface area contributed by atoms with Crippen LogP contribution < -0.4 is 0 Å². The van der Waals surface area contributed by atoms with Crippen LogP contribution in [0.1, 0.15) is 0 Å². The van der Waals surface area contributed by atoms with Crippen molar-refractivity contribution in [2.45, 2.75) is 0 Å². The van der Waals surface area contributed by atoms with Crippen LogP contribution in [0.2, 0.25) is 0 Å². The molecule has 0 aliphatic rings. The number of hydrogen-bond donors (Lipinski definition) is 0. The minimum absolute atomic E-state index is 0.634. The van der Waals surface area contributed by atoms with Gasteiger partial charge < -0.3 is 0 Å². The molecule has 20 rings (SSSR count). The summed E-state index contributed by atoms with van der Waals surface area (Å²) in [6.07, 6.45) is 14.9. The van der Waals surface area contributed by atoms with Gasteiger partial charge in [0.15, 0.2) is 23.3 Å². The molecule has 110 heavy (non-hydrogen) atoms. The Morgan fingerprint density at radius 2 is 0.455 bits per heavy atom. The number of nitrogens with zero attached hydrogens (tertiary/aromatic N) is 11. The van der Waals surface area contributed by atoms with Crippen molar-refractivity contribution in [1.82, 2.24) is 54.8 Å². The smallest absolute Gasteiger partial charge is 0.164 e. The molecule has 20 aromatic rings. The molecule has 0 bridgehead atoms. The van der Waals surface area contributed by atoms with E-state index < -0.39 is 0 Å².